The standard InChI is InChI=1S/C31H39N5O2S/c32-19-23-10-4-6-12-26(23)31-36(21-22-8-2-1-3-9-22)30(38)28(39-31)18-29(37)35-16-14-25(15-17-35)34-20-24-11-5-7-13-27(24)33/h4-7,10-13,22,25,28,31,34H,1-3,8-9,14-18,20-21,33H2. The van der Waals surface area contributed by atoms with Crippen LogP contribution in [0, 0.1) is 17.2 Å². The number of benzene rings is 2. The highest BCUT2D eigenvalue weighted by molar-refractivity contribution is 8.01. The number of piperidine rings is 1. The van der Waals surface area contributed by atoms with E-state index in [0.29, 0.717) is 37.2 Å². The molecule has 1 aliphatic carbocycles. The van der Waals surface area contributed by atoms with Crippen LogP contribution < -0.4 is 11.1 Å². The lowest BCUT2D eigenvalue weighted by atomic mass is 9.88. The summed E-state index contributed by atoms with van der Waals surface area (Å²) in [4.78, 5) is 31.0. The van der Waals surface area contributed by atoms with Crippen LogP contribution in [0.15, 0.2) is 48.5 Å². The van der Waals surface area contributed by atoms with Crippen molar-refractivity contribution in [3.05, 3.63) is 65.2 Å². The molecular formula is C31H39N5O2S. The van der Waals surface area contributed by atoms with Gasteiger partial charge >= 0.3 is 0 Å². The van der Waals surface area contributed by atoms with E-state index in [-0.39, 0.29) is 23.6 Å². The summed E-state index contributed by atoms with van der Waals surface area (Å²) in [5.74, 6) is 0.597. The van der Waals surface area contributed by atoms with Gasteiger partial charge in [0.15, 0.2) is 0 Å². The highest BCUT2D eigenvalue weighted by Gasteiger charge is 2.44. The second-order valence-electron chi connectivity index (χ2n) is 11.1. The van der Waals surface area contributed by atoms with E-state index in [2.05, 4.69) is 11.4 Å². The zero-order valence-corrected chi connectivity index (χ0v) is 23.4. The van der Waals surface area contributed by atoms with Crippen molar-refractivity contribution in [2.24, 2.45) is 5.92 Å². The van der Waals surface area contributed by atoms with E-state index in [1.807, 2.05) is 58.3 Å². The summed E-state index contributed by atoms with van der Waals surface area (Å²) in [6.45, 7) is 2.82. The maximum Gasteiger partial charge on any atom is 0.237 e. The molecule has 0 aromatic heterocycles. The summed E-state index contributed by atoms with van der Waals surface area (Å²) in [6, 6.07) is 18.1. The number of hydrogen-bond acceptors (Lipinski definition) is 6. The van der Waals surface area contributed by atoms with E-state index in [1.165, 1.54) is 19.3 Å². The fraction of sp³-hybridized carbons (Fsp3) is 0.516. The van der Waals surface area contributed by atoms with E-state index >= 15 is 0 Å². The molecule has 206 valence electrons. The lowest BCUT2D eigenvalue weighted by molar-refractivity contribution is -0.137. The predicted octanol–water partition coefficient (Wildman–Crippen LogP) is 4.83. The number of carbonyl (C=O) groups is 2. The van der Waals surface area contributed by atoms with Crippen molar-refractivity contribution >= 4 is 29.3 Å². The van der Waals surface area contributed by atoms with Crippen LogP contribution in [0.3, 0.4) is 0 Å². The Balaban J connectivity index is 1.19. The molecule has 39 heavy (non-hydrogen) atoms. The van der Waals surface area contributed by atoms with Crippen LogP contribution in [0.1, 0.15) is 73.4 Å². The van der Waals surface area contributed by atoms with E-state index in [1.54, 1.807) is 11.8 Å². The molecule has 2 aliphatic heterocycles. The molecule has 2 saturated heterocycles. The Morgan fingerprint density at radius 3 is 2.49 bits per heavy atom. The second kappa shape index (κ2) is 12.9. The van der Waals surface area contributed by atoms with E-state index in [4.69, 9.17) is 5.73 Å². The molecule has 2 amide bonds. The number of rotatable bonds is 8. The van der Waals surface area contributed by atoms with E-state index < -0.39 is 5.25 Å². The monoisotopic (exact) mass is 545 g/mol. The SMILES string of the molecule is N#Cc1ccccc1C1SC(CC(=O)N2CCC(NCc3ccccc3N)CC2)C(=O)N1CC1CCCCC1. The summed E-state index contributed by atoms with van der Waals surface area (Å²) in [6.07, 6.45) is 7.97. The summed E-state index contributed by atoms with van der Waals surface area (Å²) < 4.78 is 0. The Morgan fingerprint density at radius 1 is 1.03 bits per heavy atom. The molecule has 0 bridgehead atoms. The minimum atomic E-state index is -0.408. The van der Waals surface area contributed by atoms with Crippen LogP contribution in [0.2, 0.25) is 0 Å². The van der Waals surface area contributed by atoms with Gasteiger partial charge in [-0.1, -0.05) is 55.7 Å². The predicted molar refractivity (Wildman–Crippen MR) is 155 cm³/mol. The van der Waals surface area contributed by atoms with Gasteiger partial charge in [-0.3, -0.25) is 9.59 Å². The molecule has 0 spiro atoms. The normalized spacial score (nSPS) is 22.7. The quantitative estimate of drug-likeness (QED) is 0.461. The number of thioether (sulfide) groups is 1. The molecule has 2 heterocycles. The number of nitrogens with two attached hydrogens (primary N) is 1. The van der Waals surface area contributed by atoms with Crippen molar-refractivity contribution in [1.29, 1.82) is 5.26 Å². The number of hydrogen-bond donors (Lipinski definition) is 2. The average molecular weight is 546 g/mol. The van der Waals surface area contributed by atoms with Gasteiger partial charge < -0.3 is 20.9 Å². The second-order valence-corrected chi connectivity index (χ2v) is 12.4. The Kier molecular flexibility index (Phi) is 9.10. The molecule has 5 rings (SSSR count). The first-order valence-electron chi connectivity index (χ1n) is 14.3. The molecule has 8 heteroatoms. The Morgan fingerprint density at radius 2 is 1.74 bits per heavy atom. The van der Waals surface area contributed by atoms with Gasteiger partial charge in [0.1, 0.15) is 5.37 Å². The third kappa shape index (κ3) is 6.59. The van der Waals surface area contributed by atoms with E-state index in [0.717, 1.165) is 49.0 Å². The lowest BCUT2D eigenvalue weighted by Gasteiger charge is -2.33. The number of anilines is 1. The van der Waals surface area contributed by atoms with Gasteiger partial charge in [0.05, 0.1) is 16.9 Å². The molecule has 2 aromatic rings. The smallest absolute Gasteiger partial charge is 0.237 e. The van der Waals surface area contributed by atoms with Gasteiger partial charge in [-0.2, -0.15) is 5.26 Å². The Hall–Kier alpha value is -3.02. The first-order chi connectivity index (χ1) is 19.0. The van der Waals surface area contributed by atoms with Crippen LogP contribution in [0.5, 0.6) is 0 Å². The van der Waals surface area contributed by atoms with Crippen molar-refractivity contribution in [3.63, 3.8) is 0 Å². The number of carbonyl (C=O) groups excluding carboxylic acids is 2. The molecule has 3 fully saturated rings. The van der Waals surface area contributed by atoms with Crippen molar-refractivity contribution in [1.82, 2.24) is 15.1 Å². The van der Waals surface area contributed by atoms with Crippen LogP contribution in [-0.4, -0.2) is 52.5 Å². The van der Waals surface area contributed by atoms with Crippen LogP contribution in [-0.2, 0) is 16.1 Å². The molecule has 2 unspecified atom stereocenters. The molecule has 2 atom stereocenters. The van der Waals surface area contributed by atoms with Crippen molar-refractivity contribution in [3.8, 4) is 6.07 Å². The number of amides is 2. The summed E-state index contributed by atoms with van der Waals surface area (Å²) in [5, 5.41) is 12.7. The van der Waals surface area contributed by atoms with Crippen molar-refractivity contribution < 1.29 is 9.59 Å². The average Bonchev–Trinajstić information content (AvgIpc) is 3.27. The van der Waals surface area contributed by atoms with Gasteiger partial charge in [0.2, 0.25) is 11.8 Å². The third-order valence-electron chi connectivity index (χ3n) is 8.51. The molecule has 0 radical (unpaired) electrons. The minimum absolute atomic E-state index is 0.0497. The molecule has 2 aromatic carbocycles. The molecule has 3 N–H and O–H groups in total. The summed E-state index contributed by atoms with van der Waals surface area (Å²) in [7, 11) is 0. The molecule has 3 aliphatic rings. The highest BCUT2D eigenvalue weighted by Crippen LogP contribution is 2.46. The highest BCUT2D eigenvalue weighted by atomic mass is 32.2. The van der Waals surface area contributed by atoms with Gasteiger partial charge in [-0.25, -0.2) is 0 Å². The first-order valence-corrected chi connectivity index (χ1v) is 15.3. The molecule has 1 saturated carbocycles. The summed E-state index contributed by atoms with van der Waals surface area (Å²) >= 11 is 1.55. The topological polar surface area (TPSA) is 102 Å². The van der Waals surface area contributed by atoms with Crippen LogP contribution in [0.4, 0.5) is 5.69 Å². The van der Waals surface area contributed by atoms with Gasteiger partial charge in [-0.15, -0.1) is 11.8 Å². The largest absolute Gasteiger partial charge is 0.398 e. The maximum absolute atomic E-state index is 13.7. The van der Waals surface area contributed by atoms with Crippen LogP contribution in [0.25, 0.3) is 0 Å². The van der Waals surface area contributed by atoms with Crippen molar-refractivity contribution in [2.75, 3.05) is 25.4 Å². The molecular weight excluding hydrogens is 506 g/mol. The zero-order valence-electron chi connectivity index (χ0n) is 22.6. The summed E-state index contributed by atoms with van der Waals surface area (Å²) in [5.41, 5.74) is 9.45. The van der Waals surface area contributed by atoms with Gasteiger partial charge in [0, 0.05) is 49.9 Å². The maximum atomic E-state index is 13.7. The molecule has 7 nitrogen and oxygen atoms in total. The van der Waals surface area contributed by atoms with E-state index in [9.17, 15) is 14.9 Å². The third-order valence-corrected chi connectivity index (χ3v) is 9.97. The number of nitrogen functional groups attached to an aromatic ring is 1. The van der Waals surface area contributed by atoms with Crippen LogP contribution >= 0.6 is 11.8 Å². The number of nitrogens with one attached hydrogen (secondary N) is 1. The fourth-order valence-corrected chi connectivity index (χ4v) is 7.67. The van der Waals surface area contributed by atoms with Gasteiger partial charge in [0.25, 0.3) is 0 Å². The Bertz CT molecular complexity index is 1200. The van der Waals surface area contributed by atoms with Crippen molar-refractivity contribution in [2.45, 2.75) is 74.6 Å². The minimum Gasteiger partial charge on any atom is -0.398 e. The number of nitriles is 1. The number of likely N-dealkylation sites (tertiary alicyclic amines) is 1. The Labute approximate surface area is 236 Å². The first kappa shape index (κ1) is 27.5. The zero-order chi connectivity index (χ0) is 27.2. The number of nitrogens with zero attached hydrogens (tertiary/aromatic N) is 3. The van der Waals surface area contributed by atoms with Gasteiger partial charge in [-0.05, 0) is 49.3 Å². The lowest BCUT2D eigenvalue weighted by Crippen LogP contribution is -2.45. The fourth-order valence-electron chi connectivity index (χ4n) is 6.18. The number of para-hydroxylation sites is 1.